The first-order valence-electron chi connectivity index (χ1n) is 7.45. The summed E-state index contributed by atoms with van der Waals surface area (Å²) in [6, 6.07) is 14.1. The molecule has 0 aliphatic rings. The van der Waals surface area contributed by atoms with Crippen LogP contribution in [0.1, 0.15) is 24.3 Å². The molecular formula is C18H16FNO3. The van der Waals surface area contributed by atoms with Crippen molar-refractivity contribution in [2.45, 2.75) is 25.9 Å². The molecule has 0 unspecified atom stereocenters. The SMILES string of the molecule is O=C(CCCc1ccccc1)OCc1nc2ccc(F)cc2o1. The van der Waals surface area contributed by atoms with E-state index >= 15 is 0 Å². The summed E-state index contributed by atoms with van der Waals surface area (Å²) in [7, 11) is 0. The number of nitrogens with zero attached hydrogens (tertiary/aromatic N) is 1. The van der Waals surface area contributed by atoms with Gasteiger partial charge in [0.05, 0.1) is 0 Å². The number of ether oxygens (including phenoxy) is 1. The van der Waals surface area contributed by atoms with Crippen molar-refractivity contribution < 1.29 is 18.3 Å². The van der Waals surface area contributed by atoms with Gasteiger partial charge in [0.25, 0.3) is 0 Å². The number of aryl methyl sites for hydroxylation is 1. The van der Waals surface area contributed by atoms with Crippen LogP contribution in [0.4, 0.5) is 4.39 Å². The second kappa shape index (κ2) is 7.05. The van der Waals surface area contributed by atoms with Gasteiger partial charge in [0.1, 0.15) is 11.3 Å². The van der Waals surface area contributed by atoms with E-state index in [-0.39, 0.29) is 18.5 Å². The van der Waals surface area contributed by atoms with Crippen molar-refractivity contribution in [2.75, 3.05) is 0 Å². The molecule has 0 aliphatic carbocycles. The van der Waals surface area contributed by atoms with Gasteiger partial charge in [0.2, 0.25) is 5.89 Å². The molecule has 118 valence electrons. The second-order valence-electron chi connectivity index (χ2n) is 5.22. The van der Waals surface area contributed by atoms with Crippen LogP contribution < -0.4 is 0 Å². The second-order valence-corrected chi connectivity index (χ2v) is 5.22. The van der Waals surface area contributed by atoms with Crippen molar-refractivity contribution in [1.29, 1.82) is 0 Å². The quantitative estimate of drug-likeness (QED) is 0.645. The number of halogens is 1. The van der Waals surface area contributed by atoms with Crippen LogP contribution in [0.15, 0.2) is 52.9 Å². The van der Waals surface area contributed by atoms with E-state index in [1.54, 1.807) is 0 Å². The van der Waals surface area contributed by atoms with Crippen LogP contribution in [0.3, 0.4) is 0 Å². The summed E-state index contributed by atoms with van der Waals surface area (Å²) >= 11 is 0. The summed E-state index contributed by atoms with van der Waals surface area (Å²) in [6.07, 6.45) is 1.89. The zero-order valence-corrected chi connectivity index (χ0v) is 12.5. The van der Waals surface area contributed by atoms with Crippen LogP contribution in [-0.4, -0.2) is 11.0 Å². The Morgan fingerprint density at radius 2 is 2.00 bits per heavy atom. The van der Waals surface area contributed by atoms with Crippen molar-refractivity contribution in [1.82, 2.24) is 4.98 Å². The van der Waals surface area contributed by atoms with Crippen molar-refractivity contribution in [2.24, 2.45) is 0 Å². The molecular weight excluding hydrogens is 297 g/mol. The van der Waals surface area contributed by atoms with Crippen LogP contribution >= 0.6 is 0 Å². The fourth-order valence-corrected chi connectivity index (χ4v) is 2.30. The number of fused-ring (bicyclic) bond motifs is 1. The molecule has 0 aliphatic heterocycles. The number of oxazole rings is 1. The van der Waals surface area contributed by atoms with E-state index in [1.807, 2.05) is 30.3 Å². The van der Waals surface area contributed by atoms with E-state index in [9.17, 15) is 9.18 Å². The largest absolute Gasteiger partial charge is 0.456 e. The molecule has 0 N–H and O–H groups in total. The number of hydrogen-bond acceptors (Lipinski definition) is 4. The Labute approximate surface area is 132 Å². The third-order valence-electron chi connectivity index (χ3n) is 3.44. The maximum absolute atomic E-state index is 13.1. The minimum atomic E-state index is -0.391. The molecule has 4 nitrogen and oxygen atoms in total. The van der Waals surface area contributed by atoms with Crippen LogP contribution in [0.25, 0.3) is 11.1 Å². The molecule has 5 heteroatoms. The predicted octanol–water partition coefficient (Wildman–Crippen LogP) is 4.03. The van der Waals surface area contributed by atoms with E-state index in [2.05, 4.69) is 4.98 Å². The van der Waals surface area contributed by atoms with E-state index < -0.39 is 5.82 Å². The molecule has 0 radical (unpaired) electrons. The molecule has 23 heavy (non-hydrogen) atoms. The van der Waals surface area contributed by atoms with E-state index in [0.717, 1.165) is 12.8 Å². The summed E-state index contributed by atoms with van der Waals surface area (Å²) in [5.41, 5.74) is 2.09. The Morgan fingerprint density at radius 3 is 2.83 bits per heavy atom. The average Bonchev–Trinajstić information content (AvgIpc) is 2.96. The first-order valence-corrected chi connectivity index (χ1v) is 7.45. The molecule has 0 atom stereocenters. The van der Waals surface area contributed by atoms with Gasteiger partial charge < -0.3 is 9.15 Å². The summed E-state index contributed by atoms with van der Waals surface area (Å²) in [5.74, 6) is -0.422. The number of carbonyl (C=O) groups excluding carboxylic acids is 1. The summed E-state index contributed by atoms with van der Waals surface area (Å²) in [4.78, 5) is 15.9. The highest BCUT2D eigenvalue weighted by Gasteiger charge is 2.09. The number of benzene rings is 2. The van der Waals surface area contributed by atoms with Crippen LogP contribution in [0, 0.1) is 5.82 Å². The molecule has 3 rings (SSSR count). The third-order valence-corrected chi connectivity index (χ3v) is 3.44. The molecule has 1 heterocycles. The van der Waals surface area contributed by atoms with E-state index in [0.29, 0.717) is 17.5 Å². The fourth-order valence-electron chi connectivity index (χ4n) is 2.30. The number of rotatable bonds is 6. The Morgan fingerprint density at radius 1 is 1.17 bits per heavy atom. The van der Waals surface area contributed by atoms with Crippen molar-refractivity contribution >= 4 is 17.1 Å². The zero-order chi connectivity index (χ0) is 16.1. The molecule has 0 saturated heterocycles. The number of carbonyl (C=O) groups is 1. The van der Waals surface area contributed by atoms with Crippen LogP contribution in [0.2, 0.25) is 0 Å². The molecule has 0 spiro atoms. The monoisotopic (exact) mass is 313 g/mol. The molecule has 0 fully saturated rings. The minimum absolute atomic E-state index is 0.0412. The van der Waals surface area contributed by atoms with E-state index in [1.165, 1.54) is 23.8 Å². The van der Waals surface area contributed by atoms with Crippen molar-refractivity contribution in [3.63, 3.8) is 0 Å². The average molecular weight is 313 g/mol. The van der Waals surface area contributed by atoms with Gasteiger partial charge in [-0.15, -0.1) is 0 Å². The Kier molecular flexibility index (Phi) is 4.66. The molecule has 0 saturated carbocycles. The lowest BCUT2D eigenvalue weighted by atomic mass is 10.1. The highest BCUT2D eigenvalue weighted by atomic mass is 19.1. The lowest BCUT2D eigenvalue weighted by molar-refractivity contribution is -0.145. The molecule has 2 aromatic carbocycles. The smallest absolute Gasteiger partial charge is 0.306 e. The number of esters is 1. The molecule has 3 aromatic rings. The number of aromatic nitrogens is 1. The first-order chi connectivity index (χ1) is 11.2. The predicted molar refractivity (Wildman–Crippen MR) is 83.1 cm³/mol. The normalized spacial score (nSPS) is 10.8. The van der Waals surface area contributed by atoms with Crippen LogP contribution in [-0.2, 0) is 22.6 Å². The maximum atomic E-state index is 13.1. The third kappa shape index (κ3) is 4.16. The minimum Gasteiger partial charge on any atom is -0.456 e. The summed E-state index contributed by atoms with van der Waals surface area (Å²) < 4.78 is 23.5. The number of hydrogen-bond donors (Lipinski definition) is 0. The standard InChI is InChI=1S/C18H16FNO3/c19-14-9-10-15-16(11-14)23-17(20-15)12-22-18(21)8-4-7-13-5-2-1-3-6-13/h1-3,5-6,9-11H,4,7-8,12H2. The Hall–Kier alpha value is -2.69. The van der Waals surface area contributed by atoms with Crippen LogP contribution in [0.5, 0.6) is 0 Å². The lowest BCUT2D eigenvalue weighted by Gasteiger charge is -2.02. The molecule has 0 amide bonds. The fraction of sp³-hybridized carbons (Fsp3) is 0.222. The lowest BCUT2D eigenvalue weighted by Crippen LogP contribution is -2.05. The van der Waals surface area contributed by atoms with E-state index in [4.69, 9.17) is 9.15 Å². The molecule has 0 bridgehead atoms. The zero-order valence-electron chi connectivity index (χ0n) is 12.5. The Bertz CT molecular complexity index is 798. The summed E-state index contributed by atoms with van der Waals surface area (Å²) in [5, 5.41) is 0. The van der Waals surface area contributed by atoms with Gasteiger partial charge >= 0.3 is 5.97 Å². The van der Waals surface area contributed by atoms with Crippen molar-refractivity contribution in [3.05, 3.63) is 65.8 Å². The van der Waals surface area contributed by atoms with Gasteiger partial charge in [0.15, 0.2) is 12.2 Å². The van der Waals surface area contributed by atoms with Gasteiger partial charge in [-0.2, -0.15) is 0 Å². The first kappa shape index (κ1) is 15.2. The topological polar surface area (TPSA) is 52.3 Å². The highest BCUT2D eigenvalue weighted by molar-refractivity contribution is 5.72. The summed E-state index contributed by atoms with van der Waals surface area (Å²) in [6.45, 7) is -0.0412. The van der Waals surface area contributed by atoms with Crippen molar-refractivity contribution in [3.8, 4) is 0 Å². The Balaban J connectivity index is 1.46. The van der Waals surface area contributed by atoms with Gasteiger partial charge in [-0.1, -0.05) is 30.3 Å². The van der Waals surface area contributed by atoms with Gasteiger partial charge in [-0.25, -0.2) is 9.37 Å². The van der Waals surface area contributed by atoms with Gasteiger partial charge in [-0.05, 0) is 30.5 Å². The maximum Gasteiger partial charge on any atom is 0.306 e. The highest BCUT2D eigenvalue weighted by Crippen LogP contribution is 2.17. The van der Waals surface area contributed by atoms with Gasteiger partial charge in [-0.3, -0.25) is 4.79 Å². The molecule has 1 aromatic heterocycles. The van der Waals surface area contributed by atoms with Gasteiger partial charge in [0, 0.05) is 12.5 Å².